The standard InChI is InChI=1S/C29H28ClNO9/c1-12-9-15-22(21(20(13(2)31-15)28(35)39-6)14-7-8-16(32)17(10-14)36-3)26(33)29(12)27(34)23-18(37-4)11-19(38-5)24(30)25(23)40-29/h7-8,10-12,21,31-32H,9H2,1-6H3/t12-,21?,29+/m1/s1. The number of ketones is 2. The number of phenolic OH excluding ortho intramolecular Hbond substituents is 1. The molecule has 2 aromatic carbocycles. The number of phenols is 1. The summed E-state index contributed by atoms with van der Waals surface area (Å²) in [5.41, 5.74) is -0.0702. The lowest BCUT2D eigenvalue weighted by Gasteiger charge is -2.42. The van der Waals surface area contributed by atoms with Crippen molar-refractivity contribution in [1.29, 1.82) is 0 Å². The van der Waals surface area contributed by atoms with Crippen LogP contribution in [0.5, 0.6) is 28.7 Å². The maximum atomic E-state index is 14.7. The maximum Gasteiger partial charge on any atom is 0.336 e. The maximum absolute atomic E-state index is 14.7. The van der Waals surface area contributed by atoms with Crippen LogP contribution >= 0.6 is 11.6 Å². The van der Waals surface area contributed by atoms with Gasteiger partial charge in [0.15, 0.2) is 17.2 Å². The number of ether oxygens (including phenoxy) is 5. The van der Waals surface area contributed by atoms with Gasteiger partial charge in [-0.1, -0.05) is 24.6 Å². The molecule has 0 bridgehead atoms. The van der Waals surface area contributed by atoms with Gasteiger partial charge in [-0.25, -0.2) is 4.79 Å². The van der Waals surface area contributed by atoms with E-state index in [1.807, 2.05) is 0 Å². The van der Waals surface area contributed by atoms with E-state index in [0.717, 1.165) is 0 Å². The molecule has 1 spiro atoms. The van der Waals surface area contributed by atoms with Crippen molar-refractivity contribution in [3.05, 3.63) is 63.0 Å². The van der Waals surface area contributed by atoms with Crippen LogP contribution in [0.25, 0.3) is 0 Å². The molecule has 2 N–H and O–H groups in total. The molecule has 11 heteroatoms. The molecular formula is C29H28ClNO9. The van der Waals surface area contributed by atoms with Gasteiger partial charge in [-0.2, -0.15) is 0 Å². The number of benzene rings is 2. The van der Waals surface area contributed by atoms with Gasteiger partial charge >= 0.3 is 5.97 Å². The second kappa shape index (κ2) is 9.78. The van der Waals surface area contributed by atoms with Crippen LogP contribution in [0, 0.1) is 5.92 Å². The van der Waals surface area contributed by atoms with Crippen molar-refractivity contribution in [2.45, 2.75) is 31.8 Å². The molecule has 5 rings (SSSR count). The Morgan fingerprint density at radius 3 is 2.35 bits per heavy atom. The first-order chi connectivity index (χ1) is 19.0. The summed E-state index contributed by atoms with van der Waals surface area (Å²) in [5, 5.41) is 13.5. The van der Waals surface area contributed by atoms with Gasteiger partial charge in [0.25, 0.3) is 0 Å². The third-order valence-corrected chi connectivity index (χ3v) is 8.15. The summed E-state index contributed by atoms with van der Waals surface area (Å²) in [6.07, 6.45) is 0.245. The Labute approximate surface area is 235 Å². The van der Waals surface area contributed by atoms with Crippen molar-refractivity contribution in [2.75, 3.05) is 28.4 Å². The fourth-order valence-corrected chi connectivity index (χ4v) is 6.13. The number of rotatable bonds is 5. The molecule has 1 unspecified atom stereocenters. The second-order valence-corrected chi connectivity index (χ2v) is 10.2. The van der Waals surface area contributed by atoms with Crippen LogP contribution < -0.4 is 24.3 Å². The van der Waals surface area contributed by atoms with E-state index in [0.29, 0.717) is 17.0 Å². The predicted molar refractivity (Wildman–Crippen MR) is 143 cm³/mol. The van der Waals surface area contributed by atoms with E-state index < -0.39 is 35.0 Å². The number of Topliss-reactive ketones (excluding diaryl/α,β-unsaturated/α-hetero) is 2. The van der Waals surface area contributed by atoms with Crippen LogP contribution in [-0.4, -0.2) is 56.7 Å². The number of carbonyl (C=O) groups excluding carboxylic acids is 3. The Kier molecular flexibility index (Phi) is 6.70. The van der Waals surface area contributed by atoms with Crippen LogP contribution in [0.3, 0.4) is 0 Å². The summed E-state index contributed by atoms with van der Waals surface area (Å²) in [5.74, 6) is -3.06. The topological polar surface area (TPSA) is 130 Å². The van der Waals surface area contributed by atoms with E-state index >= 15 is 0 Å². The van der Waals surface area contributed by atoms with E-state index in [4.69, 9.17) is 35.3 Å². The van der Waals surface area contributed by atoms with Gasteiger partial charge in [0, 0.05) is 34.9 Å². The van der Waals surface area contributed by atoms with Gasteiger partial charge in [-0.3, -0.25) is 9.59 Å². The van der Waals surface area contributed by atoms with Crippen molar-refractivity contribution in [3.8, 4) is 28.7 Å². The number of hydrogen-bond donors (Lipinski definition) is 2. The first kappa shape index (κ1) is 27.4. The van der Waals surface area contributed by atoms with Crippen LogP contribution in [-0.2, 0) is 14.3 Å². The van der Waals surface area contributed by atoms with Crippen molar-refractivity contribution < 1.29 is 43.2 Å². The highest BCUT2D eigenvalue weighted by Crippen LogP contribution is 2.56. The third-order valence-electron chi connectivity index (χ3n) is 7.79. The van der Waals surface area contributed by atoms with Gasteiger partial charge in [0.2, 0.25) is 17.2 Å². The van der Waals surface area contributed by atoms with Gasteiger partial charge < -0.3 is 34.1 Å². The predicted octanol–water partition coefficient (Wildman–Crippen LogP) is 4.08. The van der Waals surface area contributed by atoms with Crippen molar-refractivity contribution in [1.82, 2.24) is 5.32 Å². The zero-order valence-corrected chi connectivity index (χ0v) is 23.5. The Bertz CT molecular complexity index is 1540. The Morgan fingerprint density at radius 1 is 1.05 bits per heavy atom. The fraction of sp³-hybridized carbons (Fsp3) is 0.345. The Morgan fingerprint density at radius 2 is 1.73 bits per heavy atom. The van der Waals surface area contributed by atoms with Gasteiger partial charge in [-0.15, -0.1) is 0 Å². The molecule has 0 aromatic heterocycles. The number of nitrogens with one attached hydrogen (secondary N) is 1. The van der Waals surface area contributed by atoms with E-state index in [1.165, 1.54) is 40.6 Å². The minimum Gasteiger partial charge on any atom is -0.504 e. The molecule has 1 aliphatic carbocycles. The van der Waals surface area contributed by atoms with Gasteiger partial charge in [-0.05, 0) is 31.0 Å². The summed E-state index contributed by atoms with van der Waals surface area (Å²) in [6, 6.07) is 6.01. The number of allylic oxidation sites excluding steroid dienone is 2. The molecule has 10 nitrogen and oxygen atoms in total. The molecule has 0 saturated heterocycles. The molecular weight excluding hydrogens is 542 g/mol. The summed E-state index contributed by atoms with van der Waals surface area (Å²) in [7, 11) is 5.45. The molecule has 0 amide bonds. The van der Waals surface area contributed by atoms with E-state index in [2.05, 4.69) is 5.32 Å². The Balaban J connectivity index is 1.73. The van der Waals surface area contributed by atoms with E-state index in [-0.39, 0.29) is 56.9 Å². The van der Waals surface area contributed by atoms with Crippen LogP contribution in [0.1, 0.15) is 42.1 Å². The monoisotopic (exact) mass is 569 g/mol. The number of aromatic hydroxyl groups is 1. The normalized spacial score (nSPS) is 23.4. The average Bonchev–Trinajstić information content (AvgIpc) is 3.26. The van der Waals surface area contributed by atoms with E-state index in [9.17, 15) is 19.5 Å². The summed E-state index contributed by atoms with van der Waals surface area (Å²) < 4.78 is 27.5. The average molecular weight is 570 g/mol. The minimum absolute atomic E-state index is 0.00125. The lowest BCUT2D eigenvalue weighted by Crippen LogP contribution is -2.58. The van der Waals surface area contributed by atoms with E-state index in [1.54, 1.807) is 26.0 Å². The second-order valence-electron chi connectivity index (χ2n) is 9.81. The molecule has 0 radical (unpaired) electrons. The first-order valence-corrected chi connectivity index (χ1v) is 12.8. The number of halogens is 1. The van der Waals surface area contributed by atoms with Crippen molar-refractivity contribution in [2.24, 2.45) is 5.92 Å². The molecule has 0 fully saturated rings. The number of carbonyl (C=O) groups is 3. The fourth-order valence-electron chi connectivity index (χ4n) is 5.86. The van der Waals surface area contributed by atoms with Crippen molar-refractivity contribution >= 4 is 29.1 Å². The highest BCUT2D eigenvalue weighted by Gasteiger charge is 2.63. The smallest absolute Gasteiger partial charge is 0.336 e. The molecule has 3 atom stereocenters. The summed E-state index contributed by atoms with van der Waals surface area (Å²) >= 11 is 6.56. The molecule has 0 saturated carbocycles. The third kappa shape index (κ3) is 3.66. The van der Waals surface area contributed by atoms with Crippen LogP contribution in [0.15, 0.2) is 46.8 Å². The lowest BCUT2D eigenvalue weighted by molar-refractivity contribution is -0.136. The molecule has 2 aliphatic heterocycles. The molecule has 2 aromatic rings. The van der Waals surface area contributed by atoms with Gasteiger partial charge in [0.05, 0.1) is 34.0 Å². The molecule has 40 heavy (non-hydrogen) atoms. The number of fused-ring (bicyclic) bond motifs is 1. The largest absolute Gasteiger partial charge is 0.504 e. The number of dihydropyridines is 1. The quantitative estimate of drug-likeness (QED) is 0.401. The van der Waals surface area contributed by atoms with Crippen LogP contribution in [0.4, 0.5) is 0 Å². The number of methoxy groups -OCH3 is 4. The molecule has 2 heterocycles. The molecule has 3 aliphatic rings. The number of hydrogen-bond acceptors (Lipinski definition) is 10. The van der Waals surface area contributed by atoms with Crippen molar-refractivity contribution in [3.63, 3.8) is 0 Å². The highest BCUT2D eigenvalue weighted by molar-refractivity contribution is 6.36. The summed E-state index contributed by atoms with van der Waals surface area (Å²) in [6.45, 7) is 3.46. The highest BCUT2D eigenvalue weighted by atomic mass is 35.5. The minimum atomic E-state index is -1.97. The van der Waals surface area contributed by atoms with Crippen LogP contribution in [0.2, 0.25) is 5.02 Å². The summed E-state index contributed by atoms with van der Waals surface area (Å²) in [4.78, 5) is 42.0. The zero-order valence-electron chi connectivity index (χ0n) is 22.8. The molecule has 210 valence electrons. The lowest BCUT2D eigenvalue weighted by atomic mass is 9.65. The van der Waals surface area contributed by atoms with Gasteiger partial charge in [0.1, 0.15) is 22.1 Å². The number of esters is 1. The Hall–Kier alpha value is -4.18. The zero-order chi connectivity index (χ0) is 29.1. The first-order valence-electron chi connectivity index (χ1n) is 12.4. The SMILES string of the molecule is COC(=O)C1=C(C)NC2=C(C(=O)[C@@]3(Oc4c(Cl)c(OC)cc(OC)c4C3=O)[C@H](C)C2)C1c1ccc(O)c(OC)c1.